The molecule has 52 heavy (non-hydrogen) atoms. The summed E-state index contributed by atoms with van der Waals surface area (Å²) in [5, 5.41) is 6.10. The first-order chi connectivity index (χ1) is 25.8. The Labute approximate surface area is 306 Å². The first-order valence-electron chi connectivity index (χ1n) is 17.6. The lowest BCUT2D eigenvalue weighted by molar-refractivity contribution is 1.30. The molecule has 10 aromatic rings. The molecule has 0 radical (unpaired) electrons. The maximum absolute atomic E-state index is 5.37. The topological polar surface area (TPSA) is 16.1 Å². The number of hydrogen-bond acceptors (Lipinski definition) is 3. The van der Waals surface area contributed by atoms with E-state index in [9.17, 15) is 0 Å². The summed E-state index contributed by atoms with van der Waals surface area (Å²) < 4.78 is 2.52. The van der Waals surface area contributed by atoms with E-state index in [0.29, 0.717) is 0 Å². The molecule has 0 aliphatic rings. The summed E-state index contributed by atoms with van der Waals surface area (Å²) in [6.07, 6.45) is 0. The molecule has 0 amide bonds. The lowest BCUT2D eigenvalue weighted by Gasteiger charge is -2.27. The third-order valence-corrected chi connectivity index (χ3v) is 11.2. The Kier molecular flexibility index (Phi) is 7.37. The van der Waals surface area contributed by atoms with Gasteiger partial charge in [-0.05, 0) is 64.7 Å². The Morgan fingerprint density at radius 2 is 0.865 bits per heavy atom. The molecular formula is C49H32N2S. The van der Waals surface area contributed by atoms with Crippen molar-refractivity contribution in [1.29, 1.82) is 0 Å². The van der Waals surface area contributed by atoms with Gasteiger partial charge in [0.25, 0.3) is 0 Å². The SMILES string of the molecule is c1ccc(-c2ccc(N(c3ccc(-c4ccccc4)cc3)c3cc4c(-c5ccccc5)nc5ccccc5c4c4c3sc3ccccc34)cc2)cc1. The fraction of sp³-hybridized carbons (Fsp3) is 0. The van der Waals surface area contributed by atoms with E-state index in [1.54, 1.807) is 0 Å². The Balaban J connectivity index is 1.30. The summed E-state index contributed by atoms with van der Waals surface area (Å²) in [4.78, 5) is 7.80. The molecule has 0 atom stereocenters. The van der Waals surface area contributed by atoms with Gasteiger partial charge in [-0.3, -0.25) is 0 Å². The van der Waals surface area contributed by atoms with Crippen LogP contribution >= 0.6 is 11.3 Å². The van der Waals surface area contributed by atoms with Crippen LogP contribution in [-0.4, -0.2) is 4.98 Å². The monoisotopic (exact) mass is 680 g/mol. The maximum atomic E-state index is 5.37. The van der Waals surface area contributed by atoms with Gasteiger partial charge in [-0.2, -0.15) is 0 Å². The number of benzene rings is 8. The summed E-state index contributed by atoms with van der Waals surface area (Å²) >= 11 is 1.87. The van der Waals surface area contributed by atoms with E-state index in [-0.39, 0.29) is 0 Å². The minimum atomic E-state index is 0.992. The Morgan fingerprint density at radius 3 is 1.46 bits per heavy atom. The quantitative estimate of drug-likeness (QED) is 0.163. The Morgan fingerprint density at radius 1 is 0.385 bits per heavy atom. The molecular weight excluding hydrogens is 649 g/mol. The third-order valence-electron chi connectivity index (χ3n) is 10.0. The highest BCUT2D eigenvalue weighted by molar-refractivity contribution is 7.26. The van der Waals surface area contributed by atoms with Gasteiger partial charge in [0.05, 0.1) is 21.6 Å². The molecule has 0 saturated heterocycles. The normalized spacial score (nSPS) is 11.5. The van der Waals surface area contributed by atoms with Crippen LogP contribution < -0.4 is 4.90 Å². The fourth-order valence-electron chi connectivity index (χ4n) is 7.59. The van der Waals surface area contributed by atoms with Gasteiger partial charge in [-0.15, -0.1) is 11.3 Å². The summed E-state index contributed by atoms with van der Waals surface area (Å²) in [6.45, 7) is 0. The van der Waals surface area contributed by atoms with Crippen molar-refractivity contribution in [2.75, 3.05) is 4.90 Å². The second kappa shape index (κ2) is 12.6. The van der Waals surface area contributed by atoms with Crippen LogP contribution in [0.4, 0.5) is 17.1 Å². The molecule has 0 aliphatic carbocycles. The zero-order valence-electron chi connectivity index (χ0n) is 28.3. The highest BCUT2D eigenvalue weighted by Gasteiger charge is 2.24. The molecule has 8 aromatic carbocycles. The number of rotatable bonds is 6. The van der Waals surface area contributed by atoms with Crippen molar-refractivity contribution in [2.45, 2.75) is 0 Å². The van der Waals surface area contributed by atoms with Crippen molar-refractivity contribution in [2.24, 2.45) is 0 Å². The van der Waals surface area contributed by atoms with E-state index in [2.05, 4.69) is 199 Å². The number of pyridine rings is 1. The van der Waals surface area contributed by atoms with Gasteiger partial charge in [0.2, 0.25) is 0 Å². The number of fused-ring (bicyclic) bond motifs is 7. The predicted octanol–water partition coefficient (Wildman–Crippen LogP) is 14.2. The van der Waals surface area contributed by atoms with Crippen molar-refractivity contribution in [3.63, 3.8) is 0 Å². The number of aromatic nitrogens is 1. The molecule has 2 aromatic heterocycles. The number of anilines is 3. The first kappa shape index (κ1) is 30.3. The zero-order valence-corrected chi connectivity index (χ0v) is 29.1. The first-order valence-corrected chi connectivity index (χ1v) is 18.4. The lowest BCUT2D eigenvalue weighted by Crippen LogP contribution is -2.10. The molecule has 0 saturated carbocycles. The summed E-state index contributed by atoms with van der Waals surface area (Å²) in [5.74, 6) is 0. The van der Waals surface area contributed by atoms with Crippen molar-refractivity contribution >= 4 is 70.2 Å². The second-order valence-corrected chi connectivity index (χ2v) is 14.2. The molecule has 2 nitrogen and oxygen atoms in total. The van der Waals surface area contributed by atoms with Gasteiger partial charge < -0.3 is 4.90 Å². The van der Waals surface area contributed by atoms with Crippen LogP contribution in [0.3, 0.4) is 0 Å². The minimum absolute atomic E-state index is 0.992. The molecule has 0 bridgehead atoms. The van der Waals surface area contributed by atoms with E-state index in [1.165, 1.54) is 53.2 Å². The number of thiophene rings is 1. The summed E-state index contributed by atoms with van der Waals surface area (Å²) in [6, 6.07) is 69.6. The number of hydrogen-bond donors (Lipinski definition) is 0. The van der Waals surface area contributed by atoms with Crippen LogP contribution in [0.2, 0.25) is 0 Å². The van der Waals surface area contributed by atoms with Crippen LogP contribution in [0.15, 0.2) is 194 Å². The van der Waals surface area contributed by atoms with E-state index < -0.39 is 0 Å². The summed E-state index contributed by atoms with van der Waals surface area (Å²) in [7, 11) is 0. The van der Waals surface area contributed by atoms with Gasteiger partial charge in [-0.1, -0.05) is 152 Å². The highest BCUT2D eigenvalue weighted by Crippen LogP contribution is 2.50. The van der Waals surface area contributed by atoms with E-state index >= 15 is 0 Å². The lowest BCUT2D eigenvalue weighted by atomic mass is 9.95. The van der Waals surface area contributed by atoms with Crippen LogP contribution in [-0.2, 0) is 0 Å². The van der Waals surface area contributed by atoms with Gasteiger partial charge in [0.1, 0.15) is 0 Å². The van der Waals surface area contributed by atoms with Gasteiger partial charge in [-0.25, -0.2) is 4.98 Å². The van der Waals surface area contributed by atoms with Gasteiger partial charge >= 0.3 is 0 Å². The van der Waals surface area contributed by atoms with Gasteiger partial charge in [0, 0.05) is 48.6 Å². The number of nitrogens with zero attached hydrogens (tertiary/aromatic N) is 2. The summed E-state index contributed by atoms with van der Waals surface area (Å²) in [5.41, 5.74) is 11.2. The average molecular weight is 681 g/mol. The molecule has 3 heteroatoms. The van der Waals surface area contributed by atoms with Crippen LogP contribution in [0.5, 0.6) is 0 Å². The molecule has 0 spiro atoms. The largest absolute Gasteiger partial charge is 0.309 e. The standard InChI is InChI=1S/C49H32N2S/c1-4-14-33(15-5-1)35-24-28-38(29-25-35)51(39-30-26-36(27-31-39)34-16-6-2-7-17-34)44-32-42-46(47-41-21-11-13-23-45(41)52-49(44)47)40-20-10-12-22-43(40)50-48(42)37-18-8-3-9-19-37/h1-32H. The molecule has 0 unspecified atom stereocenters. The molecule has 0 fully saturated rings. The van der Waals surface area contributed by atoms with Crippen molar-refractivity contribution in [3.8, 4) is 33.5 Å². The maximum Gasteiger partial charge on any atom is 0.0789 e. The van der Waals surface area contributed by atoms with Crippen molar-refractivity contribution in [3.05, 3.63) is 194 Å². The van der Waals surface area contributed by atoms with Crippen molar-refractivity contribution in [1.82, 2.24) is 4.98 Å². The van der Waals surface area contributed by atoms with Gasteiger partial charge in [0.15, 0.2) is 0 Å². The molecule has 0 N–H and O–H groups in total. The smallest absolute Gasteiger partial charge is 0.0789 e. The van der Waals surface area contributed by atoms with Crippen molar-refractivity contribution < 1.29 is 0 Å². The Hall–Kier alpha value is -6.55. The molecule has 2 heterocycles. The fourth-order valence-corrected chi connectivity index (χ4v) is 8.80. The second-order valence-electron chi connectivity index (χ2n) is 13.1. The molecule has 244 valence electrons. The van der Waals surface area contributed by atoms with Crippen LogP contribution in [0.1, 0.15) is 0 Å². The minimum Gasteiger partial charge on any atom is -0.309 e. The van der Waals surface area contributed by atoms with Crippen LogP contribution in [0, 0.1) is 0 Å². The highest BCUT2D eigenvalue weighted by atomic mass is 32.1. The third kappa shape index (κ3) is 5.14. The van der Waals surface area contributed by atoms with E-state index in [1.807, 2.05) is 11.3 Å². The predicted molar refractivity (Wildman–Crippen MR) is 223 cm³/mol. The average Bonchev–Trinajstić information content (AvgIpc) is 3.62. The molecule has 0 aliphatic heterocycles. The number of para-hydroxylation sites is 1. The zero-order chi connectivity index (χ0) is 34.4. The molecule has 10 rings (SSSR count). The van der Waals surface area contributed by atoms with E-state index in [4.69, 9.17) is 4.98 Å². The Bertz CT molecular complexity index is 2780. The van der Waals surface area contributed by atoms with Crippen LogP contribution in [0.25, 0.3) is 75.4 Å². The van der Waals surface area contributed by atoms with E-state index in [0.717, 1.165) is 39.2 Å².